The second-order valence-electron chi connectivity index (χ2n) is 4.36. The van der Waals surface area contributed by atoms with Gasteiger partial charge >= 0.3 is 0 Å². The molecule has 2 aromatic rings. The van der Waals surface area contributed by atoms with E-state index in [0.29, 0.717) is 13.2 Å². The van der Waals surface area contributed by atoms with E-state index in [0.717, 1.165) is 23.7 Å². The zero-order chi connectivity index (χ0) is 14.9. The number of hydrogen-bond donors (Lipinski definition) is 1. The van der Waals surface area contributed by atoms with Gasteiger partial charge in [0, 0.05) is 17.1 Å². The van der Waals surface area contributed by atoms with Crippen molar-refractivity contribution in [2.45, 2.75) is 11.8 Å². The van der Waals surface area contributed by atoms with E-state index in [1.54, 1.807) is 11.8 Å². The molecule has 0 radical (unpaired) electrons. The maximum atomic E-state index is 5.79. The van der Waals surface area contributed by atoms with Crippen molar-refractivity contribution in [3.8, 4) is 11.5 Å². The molecule has 3 nitrogen and oxygen atoms in total. The van der Waals surface area contributed by atoms with Crippen molar-refractivity contribution < 1.29 is 9.47 Å². The quantitative estimate of drug-likeness (QED) is 0.582. The largest absolute Gasteiger partial charge is 0.490 e. The van der Waals surface area contributed by atoms with Crippen molar-refractivity contribution in [1.29, 1.82) is 0 Å². The van der Waals surface area contributed by atoms with Crippen molar-refractivity contribution in [3.05, 3.63) is 48.5 Å². The summed E-state index contributed by atoms with van der Waals surface area (Å²) in [5.74, 6) is 1.59. The van der Waals surface area contributed by atoms with E-state index in [1.165, 1.54) is 4.90 Å². The topological polar surface area (TPSA) is 30.5 Å². The summed E-state index contributed by atoms with van der Waals surface area (Å²) in [6.45, 7) is 3.95. The van der Waals surface area contributed by atoms with E-state index in [-0.39, 0.29) is 0 Å². The van der Waals surface area contributed by atoms with Gasteiger partial charge in [-0.2, -0.15) is 0 Å². The third-order valence-electron chi connectivity index (χ3n) is 2.93. The van der Waals surface area contributed by atoms with Gasteiger partial charge in [-0.25, -0.2) is 0 Å². The number of nitrogens with one attached hydrogen (secondary N) is 1. The molecule has 21 heavy (non-hydrogen) atoms. The van der Waals surface area contributed by atoms with Gasteiger partial charge < -0.3 is 14.8 Å². The summed E-state index contributed by atoms with van der Waals surface area (Å²) in [5.41, 5.74) is 1.15. The molecule has 0 bridgehead atoms. The molecule has 0 aliphatic heterocycles. The van der Waals surface area contributed by atoms with Crippen LogP contribution in [0.5, 0.6) is 11.5 Å². The van der Waals surface area contributed by atoms with Crippen molar-refractivity contribution in [1.82, 2.24) is 0 Å². The number of anilines is 1. The van der Waals surface area contributed by atoms with Crippen LogP contribution in [-0.4, -0.2) is 26.0 Å². The molecular formula is C17H21NO2S. The third-order valence-corrected chi connectivity index (χ3v) is 3.73. The van der Waals surface area contributed by atoms with Gasteiger partial charge in [0.05, 0.1) is 6.61 Å². The lowest BCUT2D eigenvalue weighted by atomic mass is 10.3. The molecule has 0 amide bonds. The van der Waals surface area contributed by atoms with Crippen LogP contribution in [0.4, 0.5) is 5.69 Å². The van der Waals surface area contributed by atoms with Gasteiger partial charge in [0.25, 0.3) is 0 Å². The molecule has 0 unspecified atom stereocenters. The standard InChI is InChI=1S/C17H21NO2S/c1-3-19-15-9-5-6-10-16(15)20-13-12-18-14-8-4-7-11-17(14)21-2/h4-11,18H,3,12-13H2,1-2H3. The molecule has 0 saturated carbocycles. The minimum Gasteiger partial charge on any atom is -0.490 e. The van der Waals surface area contributed by atoms with Gasteiger partial charge in [0.1, 0.15) is 6.61 Å². The molecule has 0 atom stereocenters. The number of ether oxygens (including phenoxy) is 2. The van der Waals surface area contributed by atoms with Crippen LogP contribution in [0.25, 0.3) is 0 Å². The van der Waals surface area contributed by atoms with Gasteiger partial charge in [-0.05, 0) is 37.4 Å². The number of rotatable bonds is 8. The molecule has 0 saturated heterocycles. The van der Waals surface area contributed by atoms with E-state index in [2.05, 4.69) is 23.7 Å². The van der Waals surface area contributed by atoms with Crippen LogP contribution in [-0.2, 0) is 0 Å². The minimum atomic E-state index is 0.590. The SMILES string of the molecule is CCOc1ccccc1OCCNc1ccccc1SC. The second-order valence-corrected chi connectivity index (χ2v) is 5.20. The maximum Gasteiger partial charge on any atom is 0.161 e. The molecule has 0 heterocycles. The lowest BCUT2D eigenvalue weighted by molar-refractivity contribution is 0.284. The van der Waals surface area contributed by atoms with E-state index < -0.39 is 0 Å². The molecule has 0 fully saturated rings. The summed E-state index contributed by atoms with van der Waals surface area (Å²) in [6.07, 6.45) is 2.08. The molecular weight excluding hydrogens is 282 g/mol. The molecule has 2 rings (SSSR count). The van der Waals surface area contributed by atoms with Crippen LogP contribution in [0.15, 0.2) is 53.4 Å². The Kier molecular flexibility index (Phi) is 6.28. The first-order valence-corrected chi connectivity index (χ1v) is 8.29. The number of thioether (sulfide) groups is 1. The van der Waals surface area contributed by atoms with E-state index in [4.69, 9.17) is 9.47 Å². The minimum absolute atomic E-state index is 0.590. The molecule has 0 aliphatic carbocycles. The summed E-state index contributed by atoms with van der Waals surface area (Å²) in [6, 6.07) is 16.0. The van der Waals surface area contributed by atoms with Crippen LogP contribution in [0.1, 0.15) is 6.92 Å². The first kappa shape index (κ1) is 15.6. The molecule has 0 aromatic heterocycles. The van der Waals surface area contributed by atoms with Gasteiger partial charge in [-0.3, -0.25) is 0 Å². The van der Waals surface area contributed by atoms with Crippen molar-refractivity contribution in [2.24, 2.45) is 0 Å². The highest BCUT2D eigenvalue weighted by Crippen LogP contribution is 2.27. The van der Waals surface area contributed by atoms with Gasteiger partial charge in [0.2, 0.25) is 0 Å². The van der Waals surface area contributed by atoms with Gasteiger partial charge in [-0.15, -0.1) is 11.8 Å². The summed E-state index contributed by atoms with van der Waals surface area (Å²) < 4.78 is 11.3. The number of hydrogen-bond acceptors (Lipinski definition) is 4. The summed E-state index contributed by atoms with van der Waals surface area (Å²) >= 11 is 1.74. The normalized spacial score (nSPS) is 10.2. The lowest BCUT2D eigenvalue weighted by Crippen LogP contribution is -2.12. The predicted octanol–water partition coefficient (Wildman–Crippen LogP) is 4.30. The fourth-order valence-electron chi connectivity index (χ4n) is 1.98. The molecule has 0 spiro atoms. The van der Waals surface area contributed by atoms with Crippen LogP contribution in [0.3, 0.4) is 0 Å². The van der Waals surface area contributed by atoms with Crippen LogP contribution >= 0.6 is 11.8 Å². The molecule has 2 aromatic carbocycles. The van der Waals surface area contributed by atoms with Crippen molar-refractivity contribution in [2.75, 3.05) is 31.3 Å². The van der Waals surface area contributed by atoms with E-state index in [9.17, 15) is 0 Å². The average molecular weight is 303 g/mol. The summed E-state index contributed by atoms with van der Waals surface area (Å²) in [4.78, 5) is 1.24. The Morgan fingerprint density at radius 1 is 0.952 bits per heavy atom. The highest BCUT2D eigenvalue weighted by molar-refractivity contribution is 7.98. The van der Waals surface area contributed by atoms with Crippen molar-refractivity contribution >= 4 is 17.4 Å². The monoisotopic (exact) mass is 303 g/mol. The Morgan fingerprint density at radius 3 is 2.33 bits per heavy atom. The Hall–Kier alpha value is -1.81. The maximum absolute atomic E-state index is 5.79. The van der Waals surface area contributed by atoms with Gasteiger partial charge in [0.15, 0.2) is 11.5 Å². The highest BCUT2D eigenvalue weighted by atomic mass is 32.2. The first-order chi connectivity index (χ1) is 10.3. The molecule has 112 valence electrons. The lowest BCUT2D eigenvalue weighted by Gasteiger charge is -2.13. The predicted molar refractivity (Wildman–Crippen MR) is 89.8 cm³/mol. The molecule has 4 heteroatoms. The highest BCUT2D eigenvalue weighted by Gasteiger charge is 2.03. The van der Waals surface area contributed by atoms with E-state index in [1.807, 2.05) is 43.3 Å². The van der Waals surface area contributed by atoms with Crippen molar-refractivity contribution in [3.63, 3.8) is 0 Å². The van der Waals surface area contributed by atoms with Crippen LogP contribution in [0.2, 0.25) is 0 Å². The smallest absolute Gasteiger partial charge is 0.161 e. The number of para-hydroxylation sites is 3. The number of benzene rings is 2. The summed E-state index contributed by atoms with van der Waals surface area (Å²) in [7, 11) is 0. The second kappa shape index (κ2) is 8.47. The Morgan fingerprint density at radius 2 is 1.62 bits per heavy atom. The Bertz CT molecular complexity index is 560. The summed E-state index contributed by atoms with van der Waals surface area (Å²) in [5, 5.41) is 3.40. The first-order valence-electron chi connectivity index (χ1n) is 7.06. The van der Waals surface area contributed by atoms with E-state index >= 15 is 0 Å². The molecule has 0 aliphatic rings. The fraction of sp³-hybridized carbons (Fsp3) is 0.294. The Balaban J connectivity index is 1.85. The zero-order valence-corrected chi connectivity index (χ0v) is 13.3. The fourth-order valence-corrected chi connectivity index (χ4v) is 2.56. The third kappa shape index (κ3) is 4.60. The molecule has 1 N–H and O–H groups in total. The zero-order valence-electron chi connectivity index (χ0n) is 12.5. The van der Waals surface area contributed by atoms with Gasteiger partial charge in [-0.1, -0.05) is 24.3 Å². The average Bonchev–Trinajstić information content (AvgIpc) is 2.53. The Labute approximate surface area is 130 Å². The van der Waals surface area contributed by atoms with Crippen LogP contribution < -0.4 is 14.8 Å². The van der Waals surface area contributed by atoms with Crippen LogP contribution in [0, 0.1) is 0 Å².